The van der Waals surface area contributed by atoms with Crippen LogP contribution in [0.3, 0.4) is 0 Å². The lowest BCUT2D eigenvalue weighted by atomic mass is 9.99. The van der Waals surface area contributed by atoms with Crippen molar-refractivity contribution in [2.24, 2.45) is 0 Å². The lowest BCUT2D eigenvalue weighted by Crippen LogP contribution is -2.60. The summed E-state index contributed by atoms with van der Waals surface area (Å²) in [7, 11) is 0. The summed E-state index contributed by atoms with van der Waals surface area (Å²) in [5.41, 5.74) is 0. The Morgan fingerprint density at radius 2 is 0.818 bits per heavy atom. The van der Waals surface area contributed by atoms with E-state index in [2.05, 4.69) is 165 Å². The molecule has 0 aliphatic carbocycles. The van der Waals surface area contributed by atoms with Crippen molar-refractivity contribution in [3.8, 4) is 0 Å². The number of hydrogen-bond donors (Lipinski definition) is 6. The lowest BCUT2D eigenvalue weighted by molar-refractivity contribution is -0.302. The van der Waals surface area contributed by atoms with Crippen LogP contribution in [0.4, 0.5) is 0 Å². The van der Waals surface area contributed by atoms with Gasteiger partial charge in [0.2, 0.25) is 5.91 Å². The van der Waals surface area contributed by atoms with Crippen LogP contribution in [-0.2, 0) is 14.3 Å². The first-order chi connectivity index (χ1) is 37.8. The molecule has 1 amide bonds. The first-order valence-corrected chi connectivity index (χ1v) is 30.2. The van der Waals surface area contributed by atoms with E-state index < -0.39 is 49.5 Å². The van der Waals surface area contributed by atoms with E-state index in [1.54, 1.807) is 6.08 Å². The van der Waals surface area contributed by atoms with Crippen LogP contribution in [-0.4, -0.2) is 87.5 Å². The number of carbonyl (C=O) groups excluding carboxylic acids is 1. The Hall–Kier alpha value is -4.19. The third kappa shape index (κ3) is 44.4. The number of carbonyl (C=O) groups is 1. The van der Waals surface area contributed by atoms with Gasteiger partial charge in [-0.05, 0) is 116 Å². The van der Waals surface area contributed by atoms with Crippen LogP contribution in [0.5, 0.6) is 0 Å². The minimum Gasteiger partial charge on any atom is -0.394 e. The highest BCUT2D eigenvalue weighted by atomic mass is 16.7. The average Bonchev–Trinajstić information content (AvgIpc) is 3.43. The third-order valence-corrected chi connectivity index (χ3v) is 13.1. The van der Waals surface area contributed by atoms with Crippen LogP contribution < -0.4 is 5.32 Å². The van der Waals surface area contributed by atoms with Gasteiger partial charge in [0.05, 0.1) is 25.4 Å². The smallest absolute Gasteiger partial charge is 0.220 e. The van der Waals surface area contributed by atoms with Crippen molar-refractivity contribution in [2.75, 3.05) is 13.2 Å². The van der Waals surface area contributed by atoms with Crippen LogP contribution in [0.2, 0.25) is 0 Å². The van der Waals surface area contributed by atoms with E-state index in [1.807, 2.05) is 6.08 Å². The molecule has 1 heterocycles. The van der Waals surface area contributed by atoms with Crippen molar-refractivity contribution >= 4 is 5.91 Å². The topological polar surface area (TPSA) is 149 Å². The molecule has 7 unspecified atom stereocenters. The summed E-state index contributed by atoms with van der Waals surface area (Å²) in [4.78, 5) is 13.0. The van der Waals surface area contributed by atoms with E-state index in [0.29, 0.717) is 6.42 Å². The van der Waals surface area contributed by atoms with Gasteiger partial charge in [0, 0.05) is 6.42 Å². The summed E-state index contributed by atoms with van der Waals surface area (Å²) in [5, 5.41) is 54.4. The SMILES string of the molecule is CC/C=C\C/C=C\C/C=C\C/C=C\C/C=C\C/C=C\C/C=C\C/C=C\C/C=C\C/C=C\C/C=C\CCCCCC(=O)NC(COC1OC(CO)C(O)C(O)C1O)C(O)/C=C/CC/C=C/CCCCCCCCCCCCC. The minimum absolute atomic E-state index is 0.225. The first-order valence-electron chi connectivity index (χ1n) is 30.2. The highest BCUT2D eigenvalue weighted by Gasteiger charge is 2.44. The molecule has 0 aromatic rings. The molecular weight excluding hydrogens is 959 g/mol. The van der Waals surface area contributed by atoms with Gasteiger partial charge in [0.15, 0.2) is 6.29 Å². The standard InChI is InChI=1S/C68H109NO8/c1-3-5-7-9-11-13-15-17-19-21-22-23-24-25-26-27-28-29-30-31-32-33-34-35-36-37-38-39-40-42-44-46-48-50-52-54-56-58-64(72)69-61(60-76-68-67(75)66(74)65(73)63(59-70)77-68)62(71)57-55-53-51-49-47-45-43-41-20-18-16-14-12-10-8-6-4-2/h5,7,11,13,17,19,22-23,25-26,28-29,31-32,34-35,37-38,40,42,46-49,55,57,61-63,65-68,70-71,73-75H,3-4,6,8-10,12,14-16,18,20-21,24,27,30,33,36,39,41,43-45,50-54,56,58-60H2,1-2H3,(H,69,72)/b7-5-,13-11-,19-17-,23-22-,26-25-,29-28-,32-31-,35-34-,38-37-,42-40-,48-46-,49-47+,57-55+. The summed E-state index contributed by atoms with van der Waals surface area (Å²) < 4.78 is 11.2. The Morgan fingerprint density at radius 1 is 0.455 bits per heavy atom. The maximum absolute atomic E-state index is 13.0. The summed E-state index contributed by atoms with van der Waals surface area (Å²) in [5.74, 6) is -0.225. The van der Waals surface area contributed by atoms with E-state index in [0.717, 1.165) is 109 Å². The van der Waals surface area contributed by atoms with Gasteiger partial charge >= 0.3 is 0 Å². The third-order valence-electron chi connectivity index (χ3n) is 13.1. The highest BCUT2D eigenvalue weighted by molar-refractivity contribution is 5.76. The van der Waals surface area contributed by atoms with E-state index in [9.17, 15) is 30.3 Å². The lowest BCUT2D eigenvalue weighted by Gasteiger charge is -2.40. The molecule has 0 radical (unpaired) electrons. The second-order valence-corrected chi connectivity index (χ2v) is 20.0. The molecule has 1 saturated heterocycles. The zero-order valence-corrected chi connectivity index (χ0v) is 48.1. The number of rotatable bonds is 49. The van der Waals surface area contributed by atoms with Crippen molar-refractivity contribution < 1.29 is 39.8 Å². The van der Waals surface area contributed by atoms with Gasteiger partial charge in [-0.3, -0.25) is 4.79 Å². The van der Waals surface area contributed by atoms with Crippen LogP contribution >= 0.6 is 0 Å². The summed E-state index contributed by atoms with van der Waals surface area (Å²) in [6.45, 7) is 3.61. The van der Waals surface area contributed by atoms with Crippen LogP contribution in [0, 0.1) is 0 Å². The monoisotopic (exact) mass is 1070 g/mol. The Kier molecular flexibility index (Phi) is 50.7. The fraction of sp³-hybridized carbons (Fsp3) is 0.603. The molecular formula is C68H109NO8. The van der Waals surface area contributed by atoms with E-state index in [-0.39, 0.29) is 18.9 Å². The van der Waals surface area contributed by atoms with Crippen LogP contribution in [0.15, 0.2) is 158 Å². The van der Waals surface area contributed by atoms with Crippen molar-refractivity contribution in [2.45, 2.75) is 249 Å². The number of ether oxygens (including phenoxy) is 2. The van der Waals surface area contributed by atoms with Gasteiger partial charge in [-0.2, -0.15) is 0 Å². The van der Waals surface area contributed by atoms with E-state index in [4.69, 9.17) is 9.47 Å². The molecule has 0 aromatic heterocycles. The molecule has 0 bridgehead atoms. The number of allylic oxidation sites excluding steroid dienone is 25. The van der Waals surface area contributed by atoms with Gasteiger partial charge in [0.25, 0.3) is 0 Å². The number of aliphatic hydroxyl groups excluding tert-OH is 5. The number of amides is 1. The van der Waals surface area contributed by atoms with Crippen molar-refractivity contribution in [1.82, 2.24) is 5.32 Å². The number of hydrogen-bond acceptors (Lipinski definition) is 8. The molecule has 0 aromatic carbocycles. The number of aliphatic hydroxyl groups is 5. The quantitative estimate of drug-likeness (QED) is 0.0261. The largest absolute Gasteiger partial charge is 0.394 e. The molecule has 1 aliphatic heterocycles. The summed E-state index contributed by atoms with van der Waals surface area (Å²) in [6, 6.07) is -0.852. The van der Waals surface area contributed by atoms with Gasteiger partial charge in [0.1, 0.15) is 24.4 Å². The average molecular weight is 1070 g/mol. The predicted octanol–water partition coefficient (Wildman–Crippen LogP) is 15.6. The predicted molar refractivity (Wildman–Crippen MR) is 326 cm³/mol. The van der Waals surface area contributed by atoms with E-state index in [1.165, 1.54) is 70.6 Å². The zero-order chi connectivity index (χ0) is 55.8. The maximum Gasteiger partial charge on any atom is 0.220 e. The van der Waals surface area contributed by atoms with Crippen molar-refractivity contribution in [3.05, 3.63) is 158 Å². The Morgan fingerprint density at radius 3 is 1.25 bits per heavy atom. The fourth-order valence-corrected chi connectivity index (χ4v) is 8.35. The molecule has 1 rings (SSSR count). The number of nitrogens with one attached hydrogen (secondary N) is 1. The van der Waals surface area contributed by atoms with Gasteiger partial charge in [-0.15, -0.1) is 0 Å². The molecule has 0 spiro atoms. The minimum atomic E-state index is -1.59. The Balaban J connectivity index is 2.26. The van der Waals surface area contributed by atoms with E-state index >= 15 is 0 Å². The molecule has 9 heteroatoms. The molecule has 1 aliphatic rings. The summed E-state index contributed by atoms with van der Waals surface area (Å²) in [6.07, 6.45) is 80.2. The Labute approximate surface area is 469 Å². The fourth-order valence-electron chi connectivity index (χ4n) is 8.35. The first kappa shape index (κ1) is 70.8. The zero-order valence-electron chi connectivity index (χ0n) is 48.1. The van der Waals surface area contributed by atoms with Gasteiger partial charge < -0.3 is 40.3 Å². The highest BCUT2D eigenvalue weighted by Crippen LogP contribution is 2.22. The van der Waals surface area contributed by atoms with Gasteiger partial charge in [-0.1, -0.05) is 242 Å². The molecule has 434 valence electrons. The summed E-state index contributed by atoms with van der Waals surface area (Å²) >= 11 is 0. The Bertz CT molecular complexity index is 1760. The molecule has 0 saturated carbocycles. The molecule has 9 nitrogen and oxygen atoms in total. The van der Waals surface area contributed by atoms with Crippen molar-refractivity contribution in [3.63, 3.8) is 0 Å². The van der Waals surface area contributed by atoms with Gasteiger partial charge in [-0.25, -0.2) is 0 Å². The molecule has 1 fully saturated rings. The molecule has 77 heavy (non-hydrogen) atoms. The normalized spacial score (nSPS) is 19.9. The van der Waals surface area contributed by atoms with Crippen LogP contribution in [0.1, 0.15) is 206 Å². The van der Waals surface area contributed by atoms with Crippen molar-refractivity contribution in [1.29, 1.82) is 0 Å². The maximum atomic E-state index is 13.0. The number of unbranched alkanes of at least 4 members (excludes halogenated alkanes) is 15. The second-order valence-electron chi connectivity index (χ2n) is 20.0. The molecule has 6 N–H and O–H groups in total. The second kappa shape index (κ2) is 55.1. The van der Waals surface area contributed by atoms with Crippen LogP contribution in [0.25, 0.3) is 0 Å². The molecule has 7 atom stereocenters.